The van der Waals surface area contributed by atoms with E-state index < -0.39 is 0 Å². The van der Waals surface area contributed by atoms with Crippen molar-refractivity contribution in [2.45, 2.75) is 13.3 Å². The minimum absolute atomic E-state index is 0.548. The molecule has 5 heteroatoms. The number of hydrogen-bond donors (Lipinski definition) is 0. The Labute approximate surface area is 109 Å². The summed E-state index contributed by atoms with van der Waals surface area (Å²) in [7, 11) is 0. The predicted molar refractivity (Wildman–Crippen MR) is 71.5 cm³/mol. The van der Waals surface area contributed by atoms with Gasteiger partial charge in [-0.3, -0.25) is 0 Å². The molecule has 5 nitrogen and oxygen atoms in total. The van der Waals surface area contributed by atoms with E-state index in [4.69, 9.17) is 4.52 Å². The van der Waals surface area contributed by atoms with E-state index in [1.54, 1.807) is 0 Å². The van der Waals surface area contributed by atoms with Crippen LogP contribution in [0.5, 0.6) is 0 Å². The molecule has 0 atom stereocenters. The van der Waals surface area contributed by atoms with Crippen molar-refractivity contribution in [2.75, 3.05) is 11.4 Å². The van der Waals surface area contributed by atoms with Gasteiger partial charge in [0, 0.05) is 12.2 Å². The number of nitrogens with zero attached hydrogens (tertiary/aromatic N) is 4. The topological polar surface area (TPSA) is 55.1 Å². The van der Waals surface area contributed by atoms with Crippen LogP contribution in [0.1, 0.15) is 11.3 Å². The van der Waals surface area contributed by atoms with Gasteiger partial charge in [-0.1, -0.05) is 23.4 Å². The lowest BCUT2D eigenvalue weighted by atomic mass is 10.2. The highest BCUT2D eigenvalue weighted by Gasteiger charge is 2.24. The van der Waals surface area contributed by atoms with Crippen molar-refractivity contribution in [3.8, 4) is 0 Å². The van der Waals surface area contributed by atoms with Gasteiger partial charge in [0.1, 0.15) is 17.5 Å². The van der Waals surface area contributed by atoms with Crippen LogP contribution in [-0.4, -0.2) is 21.7 Å². The number of aryl methyl sites for hydroxylation is 1. The molecule has 0 amide bonds. The normalized spacial score (nSPS) is 14.1. The Kier molecular flexibility index (Phi) is 2.09. The lowest BCUT2D eigenvalue weighted by molar-refractivity contribution is 0.442. The number of fused-ring (bicyclic) bond motifs is 2. The fraction of sp³-hybridized carbons (Fsp3) is 0.214. The van der Waals surface area contributed by atoms with Crippen molar-refractivity contribution in [2.24, 2.45) is 0 Å². The van der Waals surface area contributed by atoms with Crippen molar-refractivity contribution in [3.05, 3.63) is 41.9 Å². The molecule has 1 aliphatic heterocycles. The van der Waals surface area contributed by atoms with Crippen LogP contribution in [0.4, 0.5) is 11.5 Å². The first-order valence-electron chi connectivity index (χ1n) is 6.27. The Morgan fingerprint density at radius 3 is 3.05 bits per heavy atom. The number of anilines is 2. The lowest BCUT2D eigenvalue weighted by Gasteiger charge is -2.18. The van der Waals surface area contributed by atoms with Crippen LogP contribution in [0.3, 0.4) is 0 Å². The molecule has 0 saturated heterocycles. The standard InChI is InChI=1S/C14H12N4O/c1-9-12-13(15-8-16-14(12)19-17-9)18-7-6-10-4-2-3-5-11(10)18/h2-5,8H,6-7H2,1H3. The van der Waals surface area contributed by atoms with Crippen molar-refractivity contribution in [1.29, 1.82) is 0 Å². The van der Waals surface area contributed by atoms with Gasteiger partial charge >= 0.3 is 0 Å². The van der Waals surface area contributed by atoms with Gasteiger partial charge in [-0.25, -0.2) is 4.98 Å². The van der Waals surface area contributed by atoms with E-state index in [2.05, 4.69) is 44.3 Å². The second kappa shape index (κ2) is 3.78. The van der Waals surface area contributed by atoms with Crippen LogP contribution < -0.4 is 4.90 Å². The monoisotopic (exact) mass is 252 g/mol. The van der Waals surface area contributed by atoms with Gasteiger partial charge in [0.05, 0.1) is 5.69 Å². The summed E-state index contributed by atoms with van der Waals surface area (Å²) < 4.78 is 5.21. The Balaban J connectivity index is 1.95. The van der Waals surface area contributed by atoms with E-state index in [9.17, 15) is 0 Å². The smallest absolute Gasteiger partial charge is 0.263 e. The molecule has 3 heterocycles. The molecule has 0 aliphatic carbocycles. The maximum absolute atomic E-state index is 5.21. The highest BCUT2D eigenvalue weighted by molar-refractivity contribution is 5.91. The number of rotatable bonds is 1. The first-order valence-corrected chi connectivity index (χ1v) is 6.27. The second-order valence-electron chi connectivity index (χ2n) is 4.68. The highest BCUT2D eigenvalue weighted by Crippen LogP contribution is 2.36. The average molecular weight is 252 g/mol. The SMILES string of the molecule is Cc1noc2ncnc(N3CCc4ccccc43)c12. The fourth-order valence-corrected chi connectivity index (χ4v) is 2.67. The number of para-hydroxylation sites is 1. The molecule has 4 rings (SSSR count). The molecular formula is C14H12N4O. The van der Waals surface area contributed by atoms with Gasteiger partial charge < -0.3 is 9.42 Å². The van der Waals surface area contributed by atoms with E-state index in [0.29, 0.717) is 5.71 Å². The van der Waals surface area contributed by atoms with Gasteiger partial charge in [0.2, 0.25) is 0 Å². The summed E-state index contributed by atoms with van der Waals surface area (Å²) in [4.78, 5) is 10.8. The van der Waals surface area contributed by atoms with Crippen LogP contribution in [0.25, 0.3) is 11.1 Å². The average Bonchev–Trinajstić information content (AvgIpc) is 3.03. The van der Waals surface area contributed by atoms with E-state index in [1.165, 1.54) is 17.6 Å². The van der Waals surface area contributed by atoms with Gasteiger partial charge in [-0.15, -0.1) is 0 Å². The van der Waals surface area contributed by atoms with Gasteiger partial charge in [0.15, 0.2) is 0 Å². The lowest BCUT2D eigenvalue weighted by Crippen LogP contribution is -2.15. The maximum Gasteiger partial charge on any atom is 0.263 e. The third-order valence-electron chi connectivity index (χ3n) is 3.57. The molecule has 0 bridgehead atoms. The predicted octanol–water partition coefficient (Wildman–Crippen LogP) is 2.62. The molecule has 0 fully saturated rings. The van der Waals surface area contributed by atoms with Gasteiger partial charge in [-0.2, -0.15) is 4.98 Å². The third-order valence-corrected chi connectivity index (χ3v) is 3.57. The molecule has 1 aliphatic rings. The van der Waals surface area contributed by atoms with Crippen LogP contribution in [0, 0.1) is 6.92 Å². The number of benzene rings is 1. The molecule has 0 N–H and O–H groups in total. The fourth-order valence-electron chi connectivity index (χ4n) is 2.67. The molecular weight excluding hydrogens is 240 g/mol. The van der Waals surface area contributed by atoms with E-state index in [1.807, 2.05) is 6.92 Å². The Hall–Kier alpha value is -2.43. The molecule has 1 aromatic carbocycles. The molecule has 3 aromatic rings. The Morgan fingerprint density at radius 1 is 1.21 bits per heavy atom. The van der Waals surface area contributed by atoms with E-state index in [-0.39, 0.29) is 0 Å². The van der Waals surface area contributed by atoms with Crippen molar-refractivity contribution >= 4 is 22.6 Å². The van der Waals surface area contributed by atoms with Gasteiger partial charge in [-0.05, 0) is 25.0 Å². The van der Waals surface area contributed by atoms with Crippen LogP contribution in [-0.2, 0) is 6.42 Å². The summed E-state index contributed by atoms with van der Waals surface area (Å²) in [6.07, 6.45) is 2.56. The van der Waals surface area contributed by atoms with Crippen LogP contribution in [0.15, 0.2) is 35.1 Å². The summed E-state index contributed by atoms with van der Waals surface area (Å²) in [6, 6.07) is 8.41. The van der Waals surface area contributed by atoms with E-state index >= 15 is 0 Å². The Morgan fingerprint density at radius 2 is 2.11 bits per heavy atom. The van der Waals surface area contributed by atoms with Crippen molar-refractivity contribution < 1.29 is 4.52 Å². The van der Waals surface area contributed by atoms with Crippen LogP contribution in [0.2, 0.25) is 0 Å². The zero-order chi connectivity index (χ0) is 12.8. The zero-order valence-corrected chi connectivity index (χ0v) is 10.5. The van der Waals surface area contributed by atoms with Crippen molar-refractivity contribution in [1.82, 2.24) is 15.1 Å². The number of aromatic nitrogens is 3. The summed E-state index contributed by atoms with van der Waals surface area (Å²) in [5, 5.41) is 4.88. The van der Waals surface area contributed by atoms with E-state index in [0.717, 1.165) is 29.9 Å². The molecule has 0 saturated carbocycles. The molecule has 19 heavy (non-hydrogen) atoms. The summed E-state index contributed by atoms with van der Waals surface area (Å²) in [6.45, 7) is 2.84. The maximum atomic E-state index is 5.21. The first kappa shape index (κ1) is 10.5. The largest absolute Gasteiger partial charge is 0.335 e. The summed E-state index contributed by atoms with van der Waals surface area (Å²) >= 11 is 0. The van der Waals surface area contributed by atoms with Crippen molar-refractivity contribution in [3.63, 3.8) is 0 Å². The minimum atomic E-state index is 0.548. The molecule has 0 spiro atoms. The molecule has 0 unspecified atom stereocenters. The van der Waals surface area contributed by atoms with Gasteiger partial charge in [0.25, 0.3) is 5.71 Å². The minimum Gasteiger partial charge on any atom is -0.335 e. The Bertz CT molecular complexity index is 765. The quantitative estimate of drug-likeness (QED) is 0.666. The van der Waals surface area contributed by atoms with Crippen LogP contribution >= 0.6 is 0 Å². The third kappa shape index (κ3) is 1.44. The summed E-state index contributed by atoms with van der Waals surface area (Å²) in [5.41, 5.74) is 3.94. The zero-order valence-electron chi connectivity index (χ0n) is 10.5. The number of hydrogen-bond acceptors (Lipinski definition) is 5. The summed E-state index contributed by atoms with van der Waals surface area (Å²) in [5.74, 6) is 0.883. The highest BCUT2D eigenvalue weighted by atomic mass is 16.5. The molecule has 2 aromatic heterocycles. The molecule has 0 radical (unpaired) electrons. The second-order valence-corrected chi connectivity index (χ2v) is 4.68. The molecule has 94 valence electrons. The first-order chi connectivity index (χ1) is 9.34.